The second-order valence-corrected chi connectivity index (χ2v) is 5.20. The molecular formula is C16H26N2O2. The van der Waals surface area contributed by atoms with E-state index in [-0.39, 0.29) is 12.0 Å². The summed E-state index contributed by atoms with van der Waals surface area (Å²) in [6.45, 7) is 9.50. The van der Waals surface area contributed by atoms with Crippen LogP contribution in [0.25, 0.3) is 0 Å². The predicted molar refractivity (Wildman–Crippen MR) is 83.0 cm³/mol. The van der Waals surface area contributed by atoms with Crippen LogP contribution in [0.3, 0.4) is 0 Å². The normalized spacial score (nSPS) is 12.5. The van der Waals surface area contributed by atoms with Crippen molar-refractivity contribution in [1.82, 2.24) is 4.90 Å². The van der Waals surface area contributed by atoms with Crippen LogP contribution < -0.4 is 5.32 Å². The van der Waals surface area contributed by atoms with Gasteiger partial charge in [0.25, 0.3) is 0 Å². The van der Waals surface area contributed by atoms with Crippen molar-refractivity contribution >= 4 is 11.6 Å². The van der Waals surface area contributed by atoms with Crippen molar-refractivity contribution in [3.05, 3.63) is 29.3 Å². The number of likely N-dealkylation sites (N-methyl/N-ethyl adjacent to an activating group) is 1. The van der Waals surface area contributed by atoms with E-state index in [9.17, 15) is 9.90 Å². The fourth-order valence-electron chi connectivity index (χ4n) is 2.13. The smallest absolute Gasteiger partial charge is 0.238 e. The van der Waals surface area contributed by atoms with Gasteiger partial charge in [0.1, 0.15) is 0 Å². The van der Waals surface area contributed by atoms with Crippen molar-refractivity contribution in [3.63, 3.8) is 0 Å². The quantitative estimate of drug-likeness (QED) is 0.805. The highest BCUT2D eigenvalue weighted by atomic mass is 16.3. The van der Waals surface area contributed by atoms with E-state index in [0.717, 1.165) is 23.4 Å². The van der Waals surface area contributed by atoms with Crippen LogP contribution in [0.5, 0.6) is 0 Å². The van der Waals surface area contributed by atoms with Crippen LogP contribution in [0, 0.1) is 13.8 Å². The lowest BCUT2D eigenvalue weighted by Gasteiger charge is -2.22. The zero-order valence-corrected chi connectivity index (χ0v) is 12.9. The molecule has 0 unspecified atom stereocenters. The molecule has 0 radical (unpaired) electrons. The molecule has 1 amide bonds. The summed E-state index contributed by atoms with van der Waals surface area (Å²) >= 11 is 0. The lowest BCUT2D eigenvalue weighted by Crippen LogP contribution is -2.38. The predicted octanol–water partition coefficient (Wildman–Crippen LogP) is 2.33. The number of anilines is 1. The van der Waals surface area contributed by atoms with Crippen LogP contribution in [0.2, 0.25) is 0 Å². The van der Waals surface area contributed by atoms with Gasteiger partial charge in [0.05, 0.1) is 12.6 Å². The van der Waals surface area contributed by atoms with E-state index < -0.39 is 0 Å². The van der Waals surface area contributed by atoms with Crippen molar-refractivity contribution in [2.45, 2.75) is 40.2 Å². The van der Waals surface area contributed by atoms with Crippen molar-refractivity contribution in [2.24, 2.45) is 0 Å². The molecule has 0 heterocycles. The Bertz CT molecular complexity index is 426. The van der Waals surface area contributed by atoms with Gasteiger partial charge in [-0.3, -0.25) is 9.69 Å². The molecule has 4 heteroatoms. The van der Waals surface area contributed by atoms with Gasteiger partial charge in [-0.25, -0.2) is 0 Å². The molecule has 4 nitrogen and oxygen atoms in total. The Balaban J connectivity index is 2.62. The maximum Gasteiger partial charge on any atom is 0.238 e. The summed E-state index contributed by atoms with van der Waals surface area (Å²) in [6.07, 6.45) is 0.331. The van der Waals surface area contributed by atoms with E-state index in [2.05, 4.69) is 5.32 Å². The Kier molecular flexibility index (Phi) is 6.68. The number of carbonyl (C=O) groups is 1. The van der Waals surface area contributed by atoms with Crippen LogP contribution in [-0.4, -0.2) is 41.7 Å². The number of nitrogens with zero attached hydrogens (tertiary/aromatic N) is 1. The number of rotatable bonds is 7. The second-order valence-electron chi connectivity index (χ2n) is 5.20. The van der Waals surface area contributed by atoms with Crippen LogP contribution in [-0.2, 0) is 4.79 Å². The molecule has 0 aliphatic heterocycles. The van der Waals surface area contributed by atoms with E-state index in [1.807, 2.05) is 50.8 Å². The third kappa shape index (κ3) is 4.94. The van der Waals surface area contributed by atoms with Gasteiger partial charge in [-0.1, -0.05) is 32.0 Å². The van der Waals surface area contributed by atoms with Gasteiger partial charge in [-0.15, -0.1) is 0 Å². The Morgan fingerprint density at radius 2 is 1.90 bits per heavy atom. The summed E-state index contributed by atoms with van der Waals surface area (Å²) in [7, 11) is 0. The maximum atomic E-state index is 12.1. The lowest BCUT2D eigenvalue weighted by molar-refractivity contribution is -0.117. The number of para-hydroxylation sites is 1. The minimum Gasteiger partial charge on any atom is -0.392 e. The number of benzene rings is 1. The molecule has 1 rings (SSSR count). The molecule has 0 bridgehead atoms. The molecule has 1 aromatic rings. The average Bonchev–Trinajstić information content (AvgIpc) is 2.42. The van der Waals surface area contributed by atoms with Gasteiger partial charge in [0, 0.05) is 12.2 Å². The number of aliphatic hydroxyl groups is 1. The summed E-state index contributed by atoms with van der Waals surface area (Å²) in [5.74, 6) is -0.0347. The minimum absolute atomic E-state index is 0.0347. The molecule has 0 aliphatic carbocycles. The summed E-state index contributed by atoms with van der Waals surface area (Å²) in [4.78, 5) is 14.1. The molecule has 0 spiro atoms. The average molecular weight is 278 g/mol. The Labute approximate surface area is 121 Å². The molecule has 0 fully saturated rings. The lowest BCUT2D eigenvalue weighted by atomic mass is 10.1. The number of hydrogen-bond donors (Lipinski definition) is 2. The maximum absolute atomic E-state index is 12.1. The fraction of sp³-hybridized carbons (Fsp3) is 0.562. The van der Waals surface area contributed by atoms with Crippen LogP contribution in [0.1, 0.15) is 31.4 Å². The number of hydrogen-bond acceptors (Lipinski definition) is 3. The van der Waals surface area contributed by atoms with Crippen molar-refractivity contribution in [1.29, 1.82) is 0 Å². The van der Waals surface area contributed by atoms with Gasteiger partial charge >= 0.3 is 0 Å². The summed E-state index contributed by atoms with van der Waals surface area (Å²) in [5.41, 5.74) is 3.02. The third-order valence-electron chi connectivity index (χ3n) is 3.50. The Hall–Kier alpha value is -1.39. The van der Waals surface area contributed by atoms with Crippen molar-refractivity contribution < 1.29 is 9.90 Å². The van der Waals surface area contributed by atoms with Gasteiger partial charge < -0.3 is 10.4 Å². The first-order valence-corrected chi connectivity index (χ1v) is 7.24. The summed E-state index contributed by atoms with van der Waals surface area (Å²) in [5, 5.41) is 12.6. The second kappa shape index (κ2) is 8.02. The van der Waals surface area contributed by atoms with Crippen molar-refractivity contribution in [2.75, 3.05) is 25.0 Å². The highest BCUT2D eigenvalue weighted by Crippen LogP contribution is 2.19. The zero-order chi connectivity index (χ0) is 15.1. The topological polar surface area (TPSA) is 52.6 Å². The SMILES string of the molecule is CC[C@@H](O)CN(CC)CC(=O)Nc1c(C)cccc1C. The molecule has 1 aromatic carbocycles. The Morgan fingerprint density at radius 3 is 2.40 bits per heavy atom. The molecule has 0 aliphatic rings. The van der Waals surface area contributed by atoms with Gasteiger partial charge in [-0.05, 0) is 37.9 Å². The molecular weight excluding hydrogens is 252 g/mol. The molecule has 0 saturated heterocycles. The van der Waals surface area contributed by atoms with E-state index in [1.54, 1.807) is 0 Å². The molecule has 20 heavy (non-hydrogen) atoms. The highest BCUT2D eigenvalue weighted by Gasteiger charge is 2.14. The first-order valence-electron chi connectivity index (χ1n) is 7.24. The largest absolute Gasteiger partial charge is 0.392 e. The van der Waals surface area contributed by atoms with Gasteiger partial charge in [0.15, 0.2) is 0 Å². The zero-order valence-electron chi connectivity index (χ0n) is 12.9. The summed E-state index contributed by atoms with van der Waals surface area (Å²) < 4.78 is 0. The van der Waals surface area contributed by atoms with Crippen LogP contribution >= 0.6 is 0 Å². The minimum atomic E-state index is -0.372. The number of nitrogens with one attached hydrogen (secondary N) is 1. The Morgan fingerprint density at radius 1 is 1.30 bits per heavy atom. The number of carbonyl (C=O) groups excluding carboxylic acids is 1. The molecule has 2 N–H and O–H groups in total. The highest BCUT2D eigenvalue weighted by molar-refractivity contribution is 5.93. The van der Waals surface area contributed by atoms with Crippen LogP contribution in [0.15, 0.2) is 18.2 Å². The van der Waals surface area contributed by atoms with Gasteiger partial charge in [-0.2, -0.15) is 0 Å². The molecule has 1 atom stereocenters. The van der Waals surface area contributed by atoms with Crippen LogP contribution in [0.4, 0.5) is 5.69 Å². The number of amides is 1. The molecule has 0 aromatic heterocycles. The number of aliphatic hydroxyl groups excluding tert-OH is 1. The first kappa shape index (κ1) is 16.7. The number of aryl methyl sites for hydroxylation is 2. The molecule has 0 saturated carbocycles. The summed E-state index contributed by atoms with van der Waals surface area (Å²) in [6, 6.07) is 5.96. The fourth-order valence-corrected chi connectivity index (χ4v) is 2.13. The van der Waals surface area contributed by atoms with E-state index in [0.29, 0.717) is 19.5 Å². The standard InChI is InChI=1S/C16H26N2O2/c1-5-14(19)10-18(6-2)11-15(20)17-16-12(3)8-7-9-13(16)4/h7-9,14,19H,5-6,10-11H2,1-4H3,(H,17,20)/t14-/m1/s1. The van der Waals surface area contributed by atoms with E-state index >= 15 is 0 Å². The monoisotopic (exact) mass is 278 g/mol. The van der Waals surface area contributed by atoms with Gasteiger partial charge in [0.2, 0.25) is 5.91 Å². The third-order valence-corrected chi connectivity index (χ3v) is 3.50. The van der Waals surface area contributed by atoms with E-state index in [1.165, 1.54) is 0 Å². The van der Waals surface area contributed by atoms with Crippen molar-refractivity contribution in [3.8, 4) is 0 Å². The first-order chi connectivity index (χ1) is 9.47. The molecule has 112 valence electrons. The van der Waals surface area contributed by atoms with E-state index in [4.69, 9.17) is 0 Å².